The molecule has 214 valence electrons. The van der Waals surface area contributed by atoms with E-state index in [1.807, 2.05) is 24.3 Å². The van der Waals surface area contributed by atoms with Gasteiger partial charge in [0.25, 0.3) is 11.1 Å². The van der Waals surface area contributed by atoms with Crippen molar-refractivity contribution in [3.63, 3.8) is 0 Å². The number of carbonyl (C=O) groups excluding carboxylic acids is 3. The average molecular weight is 670 g/mol. The Balaban J connectivity index is 1.47. The van der Waals surface area contributed by atoms with Gasteiger partial charge >= 0.3 is 6.18 Å². The van der Waals surface area contributed by atoms with Crippen LogP contribution in [0.3, 0.4) is 0 Å². The van der Waals surface area contributed by atoms with Crippen LogP contribution in [0, 0.1) is 0 Å². The lowest BCUT2D eigenvalue weighted by atomic mass is 10.1. The van der Waals surface area contributed by atoms with Crippen molar-refractivity contribution in [2.75, 3.05) is 18.5 Å². The van der Waals surface area contributed by atoms with Crippen LogP contribution in [0.5, 0.6) is 11.5 Å². The molecule has 3 aromatic rings. The molecule has 0 bridgehead atoms. The van der Waals surface area contributed by atoms with Gasteiger partial charge in [-0.2, -0.15) is 13.2 Å². The number of anilines is 1. The molecule has 1 N–H and O–H groups in total. The normalized spacial score (nSPS) is 14.5. The van der Waals surface area contributed by atoms with Gasteiger partial charge in [-0.25, -0.2) is 0 Å². The fraction of sp³-hybridized carbons (Fsp3) is 0.179. The predicted molar refractivity (Wildman–Crippen MR) is 154 cm³/mol. The Morgan fingerprint density at radius 1 is 1.10 bits per heavy atom. The van der Waals surface area contributed by atoms with Crippen molar-refractivity contribution in [1.29, 1.82) is 0 Å². The van der Waals surface area contributed by atoms with Crippen molar-refractivity contribution in [1.82, 2.24) is 4.90 Å². The van der Waals surface area contributed by atoms with E-state index in [0.717, 1.165) is 28.2 Å². The van der Waals surface area contributed by atoms with Crippen LogP contribution in [0.1, 0.15) is 23.6 Å². The number of ether oxygens (including phenoxy) is 2. The Labute approximate surface area is 250 Å². The molecule has 0 saturated carbocycles. The molecule has 7 nitrogen and oxygen atoms in total. The van der Waals surface area contributed by atoms with Crippen molar-refractivity contribution in [2.45, 2.75) is 19.7 Å². The van der Waals surface area contributed by atoms with Crippen LogP contribution in [-0.4, -0.2) is 35.1 Å². The van der Waals surface area contributed by atoms with Crippen LogP contribution >= 0.6 is 39.3 Å². The first-order valence-corrected chi connectivity index (χ1v) is 14.0. The summed E-state index contributed by atoms with van der Waals surface area (Å²) in [5.74, 6) is -0.915. The van der Waals surface area contributed by atoms with Crippen molar-refractivity contribution >= 4 is 68.1 Å². The van der Waals surface area contributed by atoms with Crippen molar-refractivity contribution in [2.24, 2.45) is 0 Å². The van der Waals surface area contributed by atoms with Crippen molar-refractivity contribution < 1.29 is 37.0 Å². The fourth-order valence-corrected chi connectivity index (χ4v) is 5.09. The molecule has 3 aromatic carbocycles. The van der Waals surface area contributed by atoms with Gasteiger partial charge in [0.2, 0.25) is 5.91 Å². The minimum Gasteiger partial charge on any atom is -0.490 e. The highest BCUT2D eigenvalue weighted by Gasteiger charge is 2.36. The average Bonchev–Trinajstić information content (AvgIpc) is 3.16. The Morgan fingerprint density at radius 3 is 2.51 bits per heavy atom. The first-order chi connectivity index (χ1) is 19.4. The summed E-state index contributed by atoms with van der Waals surface area (Å²) in [6.07, 6.45) is -3.16. The molecule has 1 saturated heterocycles. The molecule has 0 unspecified atom stereocenters. The highest BCUT2D eigenvalue weighted by molar-refractivity contribution is 9.10. The third-order valence-electron chi connectivity index (χ3n) is 5.57. The minimum absolute atomic E-state index is 0.0314. The number of halogens is 5. The number of hydrogen-bond donors (Lipinski definition) is 1. The summed E-state index contributed by atoms with van der Waals surface area (Å²) < 4.78 is 51.4. The number of carbonyl (C=O) groups is 3. The quantitative estimate of drug-likeness (QED) is 0.235. The Morgan fingerprint density at radius 2 is 1.83 bits per heavy atom. The van der Waals surface area contributed by atoms with Gasteiger partial charge in [-0.15, -0.1) is 0 Å². The number of nitrogens with zero attached hydrogens (tertiary/aromatic N) is 1. The summed E-state index contributed by atoms with van der Waals surface area (Å²) in [7, 11) is 0. The molecule has 1 aliphatic rings. The monoisotopic (exact) mass is 668 g/mol. The summed E-state index contributed by atoms with van der Waals surface area (Å²) in [5.41, 5.74) is 0.294. The van der Waals surface area contributed by atoms with Gasteiger partial charge in [-0.1, -0.05) is 45.7 Å². The lowest BCUT2D eigenvalue weighted by Crippen LogP contribution is -2.36. The highest BCUT2D eigenvalue weighted by atomic mass is 79.9. The fourth-order valence-electron chi connectivity index (χ4n) is 3.72. The molecule has 0 radical (unpaired) electrons. The second kappa shape index (κ2) is 13.0. The molecule has 1 fully saturated rings. The number of rotatable bonds is 9. The third kappa shape index (κ3) is 7.84. The molecular weight excluding hydrogens is 649 g/mol. The number of alkyl halides is 3. The molecule has 13 heteroatoms. The van der Waals surface area contributed by atoms with E-state index in [1.54, 1.807) is 19.1 Å². The maximum absolute atomic E-state index is 12.9. The van der Waals surface area contributed by atoms with Gasteiger partial charge in [0.1, 0.15) is 13.2 Å². The van der Waals surface area contributed by atoms with Gasteiger partial charge in [0, 0.05) is 10.2 Å². The SMILES string of the molecule is CCOc1cc(/C=C2\SC(=O)N(CC(=O)Nc3cccc(C(F)(F)F)c3)C2=O)cc(Cl)c1OCc1ccc(Br)cc1. The summed E-state index contributed by atoms with van der Waals surface area (Å²) in [5, 5.41) is 1.80. The van der Waals surface area contributed by atoms with Crippen LogP contribution < -0.4 is 14.8 Å². The molecule has 3 amide bonds. The van der Waals surface area contributed by atoms with Gasteiger partial charge < -0.3 is 14.8 Å². The zero-order valence-corrected chi connectivity index (χ0v) is 24.4. The molecule has 4 rings (SSSR count). The van der Waals surface area contributed by atoms with Gasteiger partial charge in [-0.3, -0.25) is 19.3 Å². The van der Waals surface area contributed by atoms with Gasteiger partial charge in [0.15, 0.2) is 11.5 Å². The van der Waals surface area contributed by atoms with Crippen LogP contribution in [0.25, 0.3) is 6.08 Å². The molecule has 0 atom stereocenters. The van der Waals surface area contributed by atoms with E-state index in [9.17, 15) is 27.6 Å². The van der Waals surface area contributed by atoms with Crippen molar-refractivity contribution in [3.8, 4) is 11.5 Å². The Bertz CT molecular complexity index is 1520. The summed E-state index contributed by atoms with van der Waals surface area (Å²) in [6, 6.07) is 14.7. The van der Waals surface area contributed by atoms with E-state index in [1.165, 1.54) is 12.1 Å². The lowest BCUT2D eigenvalue weighted by molar-refractivity contribution is -0.137. The molecule has 0 aromatic heterocycles. The summed E-state index contributed by atoms with van der Waals surface area (Å²) >= 11 is 10.5. The second-order valence-electron chi connectivity index (χ2n) is 8.57. The number of benzene rings is 3. The smallest absolute Gasteiger partial charge is 0.416 e. The second-order valence-corrected chi connectivity index (χ2v) is 10.9. The molecule has 1 heterocycles. The van der Waals surface area contributed by atoms with E-state index in [4.69, 9.17) is 21.1 Å². The Kier molecular flexibility index (Phi) is 9.67. The van der Waals surface area contributed by atoms with E-state index in [2.05, 4.69) is 21.2 Å². The van der Waals surface area contributed by atoms with E-state index in [-0.39, 0.29) is 22.2 Å². The first-order valence-electron chi connectivity index (χ1n) is 12.0. The highest BCUT2D eigenvalue weighted by Crippen LogP contribution is 2.39. The van der Waals surface area contributed by atoms with Crippen molar-refractivity contribution in [3.05, 3.63) is 91.8 Å². The zero-order chi connectivity index (χ0) is 29.7. The van der Waals surface area contributed by atoms with Gasteiger partial charge in [0.05, 0.1) is 22.1 Å². The maximum Gasteiger partial charge on any atom is 0.416 e. The van der Waals surface area contributed by atoms with Crippen LogP contribution in [-0.2, 0) is 22.4 Å². The standard InChI is InChI=1S/C28H21BrClF3N2O5S/c1-2-39-22-11-17(10-21(30)25(22)40-15-16-6-8-19(29)9-7-16)12-23-26(37)35(27(38)41-23)14-24(36)34-20-5-3-4-18(13-20)28(31,32)33/h3-13H,2,14-15H2,1H3,(H,34,36)/b23-12-. The molecule has 0 aliphatic carbocycles. The topological polar surface area (TPSA) is 84.9 Å². The van der Waals surface area contributed by atoms with Crippen LogP contribution in [0.15, 0.2) is 70.0 Å². The van der Waals surface area contributed by atoms with Crippen LogP contribution in [0.2, 0.25) is 5.02 Å². The molecular formula is C28H21BrClF3N2O5S. The van der Waals surface area contributed by atoms with Crippen LogP contribution in [0.4, 0.5) is 23.7 Å². The Hall–Kier alpha value is -3.48. The van der Waals surface area contributed by atoms with E-state index in [0.29, 0.717) is 40.3 Å². The zero-order valence-electron chi connectivity index (χ0n) is 21.3. The maximum atomic E-state index is 12.9. The summed E-state index contributed by atoms with van der Waals surface area (Å²) in [6.45, 7) is 1.65. The number of thioether (sulfide) groups is 1. The number of imide groups is 1. The number of amides is 3. The largest absolute Gasteiger partial charge is 0.490 e. The number of hydrogen-bond acceptors (Lipinski definition) is 6. The van der Waals surface area contributed by atoms with E-state index < -0.39 is 35.3 Å². The minimum atomic E-state index is -4.59. The first kappa shape index (κ1) is 30.5. The predicted octanol–water partition coefficient (Wildman–Crippen LogP) is 7.77. The third-order valence-corrected chi connectivity index (χ3v) is 7.29. The molecule has 0 spiro atoms. The summed E-state index contributed by atoms with van der Waals surface area (Å²) in [4.78, 5) is 38.6. The molecule has 1 aliphatic heterocycles. The lowest BCUT2D eigenvalue weighted by Gasteiger charge is -2.15. The van der Waals surface area contributed by atoms with E-state index >= 15 is 0 Å². The van der Waals surface area contributed by atoms with Gasteiger partial charge in [-0.05, 0) is 78.4 Å². The number of nitrogens with one attached hydrogen (secondary N) is 1. The molecule has 41 heavy (non-hydrogen) atoms.